The number of halogens is 1. The van der Waals surface area contributed by atoms with Crippen molar-refractivity contribution < 1.29 is 4.74 Å². The molecule has 1 atom stereocenters. The van der Waals surface area contributed by atoms with Crippen molar-refractivity contribution in [1.29, 1.82) is 0 Å². The average molecular weight is 284 g/mol. The summed E-state index contributed by atoms with van der Waals surface area (Å²) in [4.78, 5) is 0. The highest BCUT2D eigenvalue weighted by molar-refractivity contribution is 5.85. The van der Waals surface area contributed by atoms with Gasteiger partial charge in [-0.25, -0.2) is 0 Å². The standard InChI is InChI=1S/C16H25NO.ClH/c1-2-4-14-6-8-16(9-7-14)18-12-10-15-5-3-11-17-13-15;/h6-9,15,17H,2-5,10-13H2,1H3;1H. The quantitative estimate of drug-likeness (QED) is 0.857. The number of aryl methyl sites for hydroxylation is 1. The Hall–Kier alpha value is -0.730. The minimum absolute atomic E-state index is 0. The van der Waals surface area contributed by atoms with Gasteiger partial charge < -0.3 is 10.1 Å². The number of hydrogen-bond acceptors (Lipinski definition) is 2. The van der Waals surface area contributed by atoms with Gasteiger partial charge in [-0.3, -0.25) is 0 Å². The average Bonchev–Trinajstić information content (AvgIpc) is 2.42. The predicted molar refractivity (Wildman–Crippen MR) is 83.4 cm³/mol. The Morgan fingerprint density at radius 3 is 2.68 bits per heavy atom. The van der Waals surface area contributed by atoms with E-state index in [2.05, 4.69) is 36.5 Å². The van der Waals surface area contributed by atoms with Gasteiger partial charge in [0.1, 0.15) is 5.75 Å². The lowest BCUT2D eigenvalue weighted by Crippen LogP contribution is -2.30. The smallest absolute Gasteiger partial charge is 0.119 e. The van der Waals surface area contributed by atoms with Crippen molar-refractivity contribution in [2.45, 2.75) is 39.0 Å². The van der Waals surface area contributed by atoms with Gasteiger partial charge in [0.05, 0.1) is 6.61 Å². The zero-order chi connectivity index (χ0) is 12.6. The topological polar surface area (TPSA) is 21.3 Å². The Morgan fingerprint density at radius 1 is 1.26 bits per heavy atom. The number of hydrogen-bond donors (Lipinski definition) is 1. The molecule has 1 saturated heterocycles. The van der Waals surface area contributed by atoms with Crippen molar-refractivity contribution in [3.8, 4) is 5.75 Å². The normalized spacial score (nSPS) is 18.7. The van der Waals surface area contributed by atoms with Gasteiger partial charge in [0.2, 0.25) is 0 Å². The van der Waals surface area contributed by atoms with E-state index in [0.717, 1.165) is 24.7 Å². The zero-order valence-electron chi connectivity index (χ0n) is 11.9. The summed E-state index contributed by atoms with van der Waals surface area (Å²) in [6.07, 6.45) is 6.20. The summed E-state index contributed by atoms with van der Waals surface area (Å²) in [5, 5.41) is 3.45. The van der Waals surface area contributed by atoms with E-state index in [0.29, 0.717) is 0 Å². The van der Waals surface area contributed by atoms with Crippen LogP contribution in [-0.2, 0) is 6.42 Å². The molecular formula is C16H26ClNO. The van der Waals surface area contributed by atoms with Crippen LogP contribution in [0.3, 0.4) is 0 Å². The van der Waals surface area contributed by atoms with Gasteiger partial charge >= 0.3 is 0 Å². The molecule has 1 aromatic carbocycles. The second-order valence-corrected chi connectivity index (χ2v) is 5.24. The summed E-state index contributed by atoms with van der Waals surface area (Å²) in [5.74, 6) is 1.82. The highest BCUT2D eigenvalue weighted by Gasteiger charge is 2.12. The van der Waals surface area contributed by atoms with Crippen LogP contribution in [0.25, 0.3) is 0 Å². The lowest BCUT2D eigenvalue weighted by molar-refractivity contribution is 0.254. The maximum atomic E-state index is 5.81. The number of rotatable bonds is 6. The zero-order valence-corrected chi connectivity index (χ0v) is 12.7. The lowest BCUT2D eigenvalue weighted by Gasteiger charge is -2.22. The van der Waals surface area contributed by atoms with Crippen molar-refractivity contribution in [3.63, 3.8) is 0 Å². The second kappa shape index (κ2) is 9.22. The number of ether oxygens (including phenoxy) is 1. The highest BCUT2D eigenvalue weighted by Crippen LogP contribution is 2.17. The fourth-order valence-corrected chi connectivity index (χ4v) is 2.55. The van der Waals surface area contributed by atoms with E-state index in [9.17, 15) is 0 Å². The van der Waals surface area contributed by atoms with Gasteiger partial charge in [-0.1, -0.05) is 25.5 Å². The Bertz CT molecular complexity index is 333. The third-order valence-corrected chi connectivity index (χ3v) is 3.66. The fourth-order valence-electron chi connectivity index (χ4n) is 2.55. The van der Waals surface area contributed by atoms with Crippen LogP contribution in [0, 0.1) is 5.92 Å². The molecule has 1 fully saturated rings. The molecule has 19 heavy (non-hydrogen) atoms. The number of benzene rings is 1. The first-order valence-electron chi connectivity index (χ1n) is 7.31. The van der Waals surface area contributed by atoms with Gasteiger partial charge in [-0.2, -0.15) is 0 Å². The predicted octanol–water partition coefficient (Wildman–Crippen LogP) is 3.83. The summed E-state index contributed by atoms with van der Waals surface area (Å²) in [6, 6.07) is 8.57. The largest absolute Gasteiger partial charge is 0.494 e. The van der Waals surface area contributed by atoms with Crippen LogP contribution < -0.4 is 10.1 Å². The molecule has 1 aliphatic heterocycles. The molecule has 108 valence electrons. The van der Waals surface area contributed by atoms with E-state index in [-0.39, 0.29) is 12.4 Å². The van der Waals surface area contributed by atoms with Crippen LogP contribution in [0.15, 0.2) is 24.3 Å². The first kappa shape index (κ1) is 16.3. The van der Waals surface area contributed by atoms with Crippen LogP contribution in [0.1, 0.15) is 38.2 Å². The van der Waals surface area contributed by atoms with Crippen LogP contribution >= 0.6 is 12.4 Å². The van der Waals surface area contributed by atoms with E-state index >= 15 is 0 Å². The molecule has 0 aliphatic carbocycles. The minimum atomic E-state index is 0. The third-order valence-electron chi connectivity index (χ3n) is 3.66. The van der Waals surface area contributed by atoms with Crippen molar-refractivity contribution in [3.05, 3.63) is 29.8 Å². The van der Waals surface area contributed by atoms with Gasteiger partial charge in [-0.15, -0.1) is 12.4 Å². The van der Waals surface area contributed by atoms with Gasteiger partial charge in [0, 0.05) is 0 Å². The Balaban J connectivity index is 0.00000180. The Labute approximate surface area is 123 Å². The maximum Gasteiger partial charge on any atom is 0.119 e. The van der Waals surface area contributed by atoms with E-state index in [1.165, 1.54) is 44.3 Å². The summed E-state index contributed by atoms with van der Waals surface area (Å²) in [7, 11) is 0. The van der Waals surface area contributed by atoms with Crippen molar-refractivity contribution in [2.24, 2.45) is 5.92 Å². The maximum absolute atomic E-state index is 5.81. The Kier molecular flexibility index (Phi) is 7.92. The summed E-state index contributed by atoms with van der Waals surface area (Å²) in [6.45, 7) is 5.41. The monoisotopic (exact) mass is 283 g/mol. The van der Waals surface area contributed by atoms with E-state index < -0.39 is 0 Å². The number of piperidine rings is 1. The minimum Gasteiger partial charge on any atom is -0.494 e. The molecule has 1 heterocycles. The molecule has 1 N–H and O–H groups in total. The molecule has 0 spiro atoms. The summed E-state index contributed by atoms with van der Waals surface area (Å²) < 4.78 is 5.81. The van der Waals surface area contributed by atoms with Crippen molar-refractivity contribution in [2.75, 3.05) is 19.7 Å². The molecule has 2 rings (SSSR count). The first-order chi connectivity index (χ1) is 8.88. The lowest BCUT2D eigenvalue weighted by atomic mass is 9.97. The first-order valence-corrected chi connectivity index (χ1v) is 7.31. The SMILES string of the molecule is CCCc1ccc(OCCC2CCCNC2)cc1.Cl. The molecule has 0 saturated carbocycles. The van der Waals surface area contributed by atoms with Gasteiger partial charge in [0.25, 0.3) is 0 Å². The van der Waals surface area contributed by atoms with Crippen molar-refractivity contribution in [1.82, 2.24) is 5.32 Å². The molecular weight excluding hydrogens is 258 g/mol. The van der Waals surface area contributed by atoms with E-state index in [1.807, 2.05) is 0 Å². The van der Waals surface area contributed by atoms with E-state index in [4.69, 9.17) is 4.74 Å². The van der Waals surface area contributed by atoms with Gasteiger partial charge in [0.15, 0.2) is 0 Å². The molecule has 0 amide bonds. The second-order valence-electron chi connectivity index (χ2n) is 5.24. The molecule has 0 radical (unpaired) electrons. The molecule has 0 bridgehead atoms. The summed E-state index contributed by atoms with van der Waals surface area (Å²) >= 11 is 0. The molecule has 1 unspecified atom stereocenters. The summed E-state index contributed by atoms with van der Waals surface area (Å²) in [5.41, 5.74) is 1.40. The molecule has 1 aromatic rings. The van der Waals surface area contributed by atoms with Crippen LogP contribution in [0.4, 0.5) is 0 Å². The van der Waals surface area contributed by atoms with Crippen molar-refractivity contribution >= 4 is 12.4 Å². The van der Waals surface area contributed by atoms with Crippen LogP contribution in [-0.4, -0.2) is 19.7 Å². The fraction of sp³-hybridized carbons (Fsp3) is 0.625. The van der Waals surface area contributed by atoms with Gasteiger partial charge in [-0.05, 0) is 62.4 Å². The van der Waals surface area contributed by atoms with Crippen LogP contribution in [0.2, 0.25) is 0 Å². The Morgan fingerprint density at radius 2 is 2.05 bits per heavy atom. The molecule has 1 aliphatic rings. The number of nitrogens with one attached hydrogen (secondary N) is 1. The van der Waals surface area contributed by atoms with Crippen LogP contribution in [0.5, 0.6) is 5.75 Å². The van der Waals surface area contributed by atoms with E-state index in [1.54, 1.807) is 0 Å². The molecule has 2 nitrogen and oxygen atoms in total. The highest BCUT2D eigenvalue weighted by atomic mass is 35.5. The molecule has 0 aromatic heterocycles. The molecule has 3 heteroatoms. The third kappa shape index (κ3) is 5.84.